The molecule has 1 N–H and O–H groups in total. The van der Waals surface area contributed by atoms with Crippen LogP contribution in [0.1, 0.15) is 32.6 Å². The predicted molar refractivity (Wildman–Crippen MR) is 63.9 cm³/mol. The van der Waals surface area contributed by atoms with E-state index in [4.69, 9.17) is 0 Å². The van der Waals surface area contributed by atoms with Gasteiger partial charge in [0.25, 0.3) is 0 Å². The fraction of sp³-hybridized carbons (Fsp3) is 0.538. The maximum Gasteiger partial charge on any atom is 0.329 e. The monoisotopic (exact) mass is 235 g/mol. The largest absolute Gasteiger partial charge is 0.479 e. The number of aliphatic carboxylic acids is 1. The van der Waals surface area contributed by atoms with E-state index in [0.717, 1.165) is 12.8 Å². The van der Waals surface area contributed by atoms with E-state index in [0.29, 0.717) is 18.8 Å². The molecule has 1 aliphatic carbocycles. The van der Waals surface area contributed by atoms with Crippen LogP contribution in [0.5, 0.6) is 0 Å². The molecule has 1 aliphatic rings. The number of pyridine rings is 1. The summed E-state index contributed by atoms with van der Waals surface area (Å²) in [4.78, 5) is 22.6. The summed E-state index contributed by atoms with van der Waals surface area (Å²) in [7, 11) is 0. The molecule has 1 fully saturated rings. The van der Waals surface area contributed by atoms with Crippen LogP contribution in [0.15, 0.2) is 29.3 Å². The SMILES string of the molecule is CC1CCC(C(=O)O)(n2ccc(=O)cc2)CC1. The molecule has 1 aromatic rings. The van der Waals surface area contributed by atoms with Gasteiger partial charge in [0.05, 0.1) is 0 Å². The highest BCUT2D eigenvalue weighted by Gasteiger charge is 2.42. The van der Waals surface area contributed by atoms with Gasteiger partial charge in [-0.2, -0.15) is 0 Å². The molecule has 1 heterocycles. The molecule has 4 heteroatoms. The molecule has 1 saturated carbocycles. The van der Waals surface area contributed by atoms with Gasteiger partial charge < -0.3 is 9.67 Å². The predicted octanol–water partition coefficient (Wildman–Crippen LogP) is 1.84. The zero-order chi connectivity index (χ0) is 12.5. The Balaban J connectivity index is 2.38. The van der Waals surface area contributed by atoms with E-state index in [1.807, 2.05) is 0 Å². The lowest BCUT2D eigenvalue weighted by molar-refractivity contribution is -0.150. The first-order valence-electron chi connectivity index (χ1n) is 5.97. The van der Waals surface area contributed by atoms with Gasteiger partial charge in [-0.05, 0) is 31.6 Å². The standard InChI is InChI=1S/C13H17NO3/c1-10-2-6-13(7-3-10,12(16)17)14-8-4-11(15)5-9-14/h4-5,8-10H,2-3,6-7H2,1H3,(H,16,17). The summed E-state index contributed by atoms with van der Waals surface area (Å²) in [6, 6.07) is 2.84. The normalized spacial score (nSPS) is 28.9. The van der Waals surface area contributed by atoms with Crippen molar-refractivity contribution in [2.75, 3.05) is 0 Å². The molecule has 0 bridgehead atoms. The van der Waals surface area contributed by atoms with Crippen LogP contribution >= 0.6 is 0 Å². The molecular formula is C13H17NO3. The summed E-state index contributed by atoms with van der Waals surface area (Å²) >= 11 is 0. The van der Waals surface area contributed by atoms with Crippen molar-refractivity contribution in [2.24, 2.45) is 5.92 Å². The summed E-state index contributed by atoms with van der Waals surface area (Å²) in [5.41, 5.74) is -0.953. The van der Waals surface area contributed by atoms with Crippen molar-refractivity contribution in [3.05, 3.63) is 34.7 Å². The van der Waals surface area contributed by atoms with Crippen LogP contribution in [-0.4, -0.2) is 15.6 Å². The number of carbonyl (C=O) groups is 1. The third-order valence-corrected chi connectivity index (χ3v) is 3.79. The van der Waals surface area contributed by atoms with Crippen molar-refractivity contribution in [1.29, 1.82) is 0 Å². The molecule has 0 radical (unpaired) electrons. The van der Waals surface area contributed by atoms with Crippen LogP contribution in [0, 0.1) is 5.92 Å². The number of rotatable bonds is 2. The van der Waals surface area contributed by atoms with Crippen LogP contribution in [0.2, 0.25) is 0 Å². The Morgan fingerprint density at radius 1 is 1.35 bits per heavy atom. The summed E-state index contributed by atoms with van der Waals surface area (Å²) < 4.78 is 1.68. The molecule has 0 atom stereocenters. The van der Waals surface area contributed by atoms with Crippen LogP contribution in [-0.2, 0) is 10.3 Å². The highest BCUT2D eigenvalue weighted by molar-refractivity contribution is 5.76. The minimum atomic E-state index is -0.861. The summed E-state index contributed by atoms with van der Waals surface area (Å²) in [6.45, 7) is 2.15. The van der Waals surface area contributed by atoms with E-state index in [2.05, 4.69) is 6.92 Å². The molecule has 1 aromatic heterocycles. The second kappa shape index (κ2) is 4.35. The first-order valence-corrected chi connectivity index (χ1v) is 5.97. The molecule has 0 aromatic carbocycles. The number of hydrogen-bond donors (Lipinski definition) is 1. The van der Waals surface area contributed by atoms with Gasteiger partial charge in [0, 0.05) is 24.5 Å². The van der Waals surface area contributed by atoms with Crippen LogP contribution < -0.4 is 5.43 Å². The Morgan fingerprint density at radius 3 is 2.35 bits per heavy atom. The lowest BCUT2D eigenvalue weighted by atomic mass is 9.77. The summed E-state index contributed by atoms with van der Waals surface area (Å²) in [5.74, 6) is -0.213. The van der Waals surface area contributed by atoms with Gasteiger partial charge in [-0.15, -0.1) is 0 Å². The lowest BCUT2D eigenvalue weighted by Crippen LogP contribution is -2.44. The zero-order valence-electron chi connectivity index (χ0n) is 9.93. The van der Waals surface area contributed by atoms with Crippen LogP contribution in [0.3, 0.4) is 0 Å². The number of carboxylic acids is 1. The number of carboxylic acid groups (broad SMARTS) is 1. The maximum absolute atomic E-state index is 11.6. The van der Waals surface area contributed by atoms with Crippen molar-refractivity contribution < 1.29 is 9.90 Å². The Bertz CT molecular complexity index is 449. The molecular weight excluding hydrogens is 218 g/mol. The Kier molecular flexibility index (Phi) is 3.05. The molecule has 0 spiro atoms. The third-order valence-electron chi connectivity index (χ3n) is 3.79. The zero-order valence-corrected chi connectivity index (χ0v) is 9.93. The van der Waals surface area contributed by atoms with Gasteiger partial charge in [0.15, 0.2) is 5.43 Å². The van der Waals surface area contributed by atoms with Gasteiger partial charge in [-0.25, -0.2) is 4.79 Å². The Morgan fingerprint density at radius 2 is 1.88 bits per heavy atom. The van der Waals surface area contributed by atoms with Gasteiger partial charge in [-0.1, -0.05) is 6.92 Å². The molecule has 0 aliphatic heterocycles. The number of nitrogens with zero attached hydrogens (tertiary/aromatic N) is 1. The van der Waals surface area contributed by atoms with E-state index in [9.17, 15) is 14.7 Å². The van der Waals surface area contributed by atoms with Crippen molar-refractivity contribution in [2.45, 2.75) is 38.1 Å². The second-order valence-corrected chi connectivity index (χ2v) is 4.96. The molecule has 0 unspecified atom stereocenters. The van der Waals surface area contributed by atoms with Crippen molar-refractivity contribution in [1.82, 2.24) is 4.57 Å². The molecule has 4 nitrogen and oxygen atoms in total. The first-order chi connectivity index (χ1) is 8.04. The van der Waals surface area contributed by atoms with Crippen LogP contribution in [0.4, 0.5) is 0 Å². The van der Waals surface area contributed by atoms with E-state index < -0.39 is 11.5 Å². The van der Waals surface area contributed by atoms with Gasteiger partial charge >= 0.3 is 5.97 Å². The summed E-state index contributed by atoms with van der Waals surface area (Å²) in [5, 5.41) is 9.50. The quantitative estimate of drug-likeness (QED) is 0.850. The fourth-order valence-electron chi connectivity index (χ4n) is 2.52. The van der Waals surface area contributed by atoms with Gasteiger partial charge in [0.2, 0.25) is 0 Å². The maximum atomic E-state index is 11.6. The van der Waals surface area contributed by atoms with Gasteiger partial charge in [-0.3, -0.25) is 4.79 Å². The average Bonchev–Trinajstić information content (AvgIpc) is 2.31. The topological polar surface area (TPSA) is 59.3 Å². The molecule has 0 saturated heterocycles. The Labute approximate surface area is 99.9 Å². The summed E-state index contributed by atoms with van der Waals surface area (Å²) in [6.07, 6.45) is 6.27. The van der Waals surface area contributed by atoms with Crippen molar-refractivity contribution >= 4 is 5.97 Å². The smallest absolute Gasteiger partial charge is 0.329 e. The number of aromatic nitrogens is 1. The molecule has 92 valence electrons. The van der Waals surface area contributed by atoms with E-state index in [1.54, 1.807) is 17.0 Å². The fourth-order valence-corrected chi connectivity index (χ4v) is 2.52. The van der Waals surface area contributed by atoms with Crippen molar-refractivity contribution in [3.63, 3.8) is 0 Å². The lowest BCUT2D eigenvalue weighted by Gasteiger charge is -2.37. The first kappa shape index (κ1) is 11.9. The minimum absolute atomic E-state index is 0.0917. The average molecular weight is 235 g/mol. The van der Waals surface area contributed by atoms with E-state index in [1.165, 1.54) is 12.1 Å². The van der Waals surface area contributed by atoms with Crippen LogP contribution in [0.25, 0.3) is 0 Å². The van der Waals surface area contributed by atoms with Gasteiger partial charge in [0.1, 0.15) is 5.54 Å². The molecule has 2 rings (SSSR count). The second-order valence-electron chi connectivity index (χ2n) is 4.96. The highest BCUT2D eigenvalue weighted by atomic mass is 16.4. The van der Waals surface area contributed by atoms with E-state index in [-0.39, 0.29) is 5.43 Å². The Hall–Kier alpha value is -1.58. The third kappa shape index (κ3) is 2.12. The minimum Gasteiger partial charge on any atom is -0.479 e. The molecule has 17 heavy (non-hydrogen) atoms. The van der Waals surface area contributed by atoms with Crippen molar-refractivity contribution in [3.8, 4) is 0 Å². The van der Waals surface area contributed by atoms with E-state index >= 15 is 0 Å². The number of hydrogen-bond acceptors (Lipinski definition) is 2. The highest BCUT2D eigenvalue weighted by Crippen LogP contribution is 2.37. The molecule has 0 amide bonds.